The lowest BCUT2D eigenvalue weighted by Gasteiger charge is -2.33. The Labute approximate surface area is 206 Å². The van der Waals surface area contributed by atoms with Crippen LogP contribution in [0.1, 0.15) is 37.5 Å². The van der Waals surface area contributed by atoms with E-state index in [4.69, 9.17) is 4.74 Å². The smallest absolute Gasteiger partial charge is 0.129 e. The van der Waals surface area contributed by atoms with Crippen LogP contribution in [0.25, 0.3) is 27.5 Å². The van der Waals surface area contributed by atoms with Gasteiger partial charge in [0.2, 0.25) is 0 Å². The number of hydrogen-bond donors (Lipinski definition) is 2. The minimum Gasteiger partial charge on any atom is -0.496 e. The Balaban J connectivity index is 1.68. The minimum atomic E-state index is -0.311. The highest BCUT2D eigenvalue weighted by Gasteiger charge is 2.26. The summed E-state index contributed by atoms with van der Waals surface area (Å²) in [4.78, 5) is 0. The number of anilines is 2. The van der Waals surface area contributed by atoms with Gasteiger partial charge in [-0.05, 0) is 73.5 Å². The van der Waals surface area contributed by atoms with Crippen molar-refractivity contribution in [2.75, 3.05) is 17.7 Å². The predicted octanol–water partition coefficient (Wildman–Crippen LogP) is 8.18. The molecule has 1 aliphatic heterocycles. The van der Waals surface area contributed by atoms with Gasteiger partial charge in [0.1, 0.15) is 11.6 Å². The number of hydrogen-bond acceptors (Lipinski definition) is 3. The summed E-state index contributed by atoms with van der Waals surface area (Å²) in [7, 11) is 1.59. The van der Waals surface area contributed by atoms with Crippen LogP contribution in [-0.4, -0.2) is 12.6 Å². The number of nitrogens with one attached hydrogen (secondary N) is 2. The van der Waals surface area contributed by atoms with Crippen LogP contribution in [0.4, 0.5) is 15.8 Å². The molecule has 0 radical (unpaired) electrons. The van der Waals surface area contributed by atoms with Crippen LogP contribution in [0.5, 0.6) is 5.75 Å². The van der Waals surface area contributed by atoms with E-state index in [0.717, 1.165) is 28.1 Å². The zero-order chi connectivity index (χ0) is 24.7. The fraction of sp³-hybridized carbons (Fsp3) is 0.226. The van der Waals surface area contributed by atoms with Crippen LogP contribution in [-0.2, 0) is 6.54 Å². The fourth-order valence-corrected chi connectivity index (χ4v) is 5.31. The number of fused-ring (bicyclic) bond motifs is 2. The average molecular weight is 467 g/mol. The molecule has 0 atom stereocenters. The summed E-state index contributed by atoms with van der Waals surface area (Å²) < 4.78 is 19.6. The number of halogens is 1. The van der Waals surface area contributed by atoms with Crippen molar-refractivity contribution in [2.45, 2.75) is 39.8 Å². The Kier molecular flexibility index (Phi) is 5.76. The van der Waals surface area contributed by atoms with E-state index in [1.165, 1.54) is 39.6 Å². The lowest BCUT2D eigenvalue weighted by Crippen LogP contribution is -2.32. The first kappa shape index (κ1) is 23.0. The molecule has 0 aromatic heterocycles. The molecule has 178 valence electrons. The summed E-state index contributed by atoms with van der Waals surface area (Å²) >= 11 is 0. The van der Waals surface area contributed by atoms with E-state index in [2.05, 4.69) is 92.9 Å². The normalized spacial score (nSPS) is 14.2. The zero-order valence-corrected chi connectivity index (χ0v) is 20.9. The third-order valence-corrected chi connectivity index (χ3v) is 6.77. The molecule has 0 spiro atoms. The Morgan fingerprint density at radius 3 is 2.51 bits per heavy atom. The number of allylic oxidation sites excluding steroid dienone is 1. The van der Waals surface area contributed by atoms with E-state index in [-0.39, 0.29) is 11.4 Å². The molecule has 5 rings (SSSR count). The van der Waals surface area contributed by atoms with E-state index in [9.17, 15) is 4.39 Å². The Morgan fingerprint density at radius 1 is 0.943 bits per heavy atom. The van der Waals surface area contributed by atoms with Crippen molar-refractivity contribution in [1.29, 1.82) is 0 Å². The molecular formula is C31H31FN2O. The van der Waals surface area contributed by atoms with Gasteiger partial charge in [0, 0.05) is 40.5 Å². The number of methoxy groups -OCH3 is 1. The SMILES string of the molecule is COc1cc(F)ccc1-c1ccc2c(c1CNc1c(C)ccc3ccccc13)C(C)=CC(C)(C)N2. The molecule has 0 amide bonds. The molecule has 2 N–H and O–H groups in total. The monoisotopic (exact) mass is 466 g/mol. The van der Waals surface area contributed by atoms with Gasteiger partial charge in [-0.15, -0.1) is 0 Å². The first-order valence-corrected chi connectivity index (χ1v) is 12.0. The summed E-state index contributed by atoms with van der Waals surface area (Å²) in [6.45, 7) is 9.26. The number of aryl methyl sites for hydroxylation is 1. The third-order valence-electron chi connectivity index (χ3n) is 6.77. The lowest BCUT2D eigenvalue weighted by atomic mass is 9.85. The van der Waals surface area contributed by atoms with Gasteiger partial charge in [0.25, 0.3) is 0 Å². The molecule has 3 nitrogen and oxygen atoms in total. The van der Waals surface area contributed by atoms with Crippen molar-refractivity contribution in [3.05, 3.63) is 95.3 Å². The Hall–Kier alpha value is -3.79. The maximum Gasteiger partial charge on any atom is 0.129 e. The van der Waals surface area contributed by atoms with Crippen molar-refractivity contribution in [1.82, 2.24) is 0 Å². The van der Waals surface area contributed by atoms with E-state index >= 15 is 0 Å². The van der Waals surface area contributed by atoms with E-state index in [0.29, 0.717) is 12.3 Å². The van der Waals surface area contributed by atoms with Gasteiger partial charge < -0.3 is 15.4 Å². The van der Waals surface area contributed by atoms with Gasteiger partial charge in [-0.3, -0.25) is 0 Å². The molecule has 0 fully saturated rings. The topological polar surface area (TPSA) is 33.3 Å². The highest BCUT2D eigenvalue weighted by molar-refractivity contribution is 5.96. The maximum absolute atomic E-state index is 14.0. The second kappa shape index (κ2) is 8.77. The highest BCUT2D eigenvalue weighted by atomic mass is 19.1. The fourth-order valence-electron chi connectivity index (χ4n) is 5.31. The standard InChI is InChI=1S/C31H31FN2O/c1-19-10-11-21-8-6-7-9-23(21)30(19)33-18-26-24(25-13-12-22(32)16-28(25)35-5)14-15-27-29(26)20(2)17-31(3,4)34-27/h6-17,33-34H,18H2,1-5H3. The van der Waals surface area contributed by atoms with Gasteiger partial charge >= 0.3 is 0 Å². The molecule has 0 bridgehead atoms. The number of rotatable bonds is 5. The molecule has 0 unspecified atom stereocenters. The quantitative estimate of drug-likeness (QED) is 0.311. The second-order valence-electron chi connectivity index (χ2n) is 9.87. The molecule has 1 aliphatic rings. The number of benzene rings is 4. The Bertz CT molecular complexity index is 1470. The molecule has 1 heterocycles. The highest BCUT2D eigenvalue weighted by Crippen LogP contribution is 2.43. The summed E-state index contributed by atoms with van der Waals surface area (Å²) in [6.07, 6.45) is 2.27. The van der Waals surface area contributed by atoms with Crippen LogP contribution in [0.2, 0.25) is 0 Å². The average Bonchev–Trinajstić information content (AvgIpc) is 2.82. The van der Waals surface area contributed by atoms with Crippen molar-refractivity contribution >= 4 is 27.7 Å². The summed E-state index contributed by atoms with van der Waals surface area (Å²) in [6, 6.07) is 21.7. The first-order chi connectivity index (χ1) is 16.8. The second-order valence-corrected chi connectivity index (χ2v) is 9.87. The summed E-state index contributed by atoms with van der Waals surface area (Å²) in [5, 5.41) is 9.82. The van der Waals surface area contributed by atoms with Crippen molar-refractivity contribution < 1.29 is 9.13 Å². The molecular weight excluding hydrogens is 435 g/mol. The van der Waals surface area contributed by atoms with Gasteiger partial charge in [-0.2, -0.15) is 0 Å². The summed E-state index contributed by atoms with van der Waals surface area (Å²) in [5.74, 6) is 0.215. The molecule has 4 heteroatoms. The number of ether oxygens (including phenoxy) is 1. The predicted molar refractivity (Wildman–Crippen MR) is 146 cm³/mol. The van der Waals surface area contributed by atoms with Crippen LogP contribution < -0.4 is 15.4 Å². The van der Waals surface area contributed by atoms with Crippen LogP contribution in [0.3, 0.4) is 0 Å². The lowest BCUT2D eigenvalue weighted by molar-refractivity contribution is 0.413. The van der Waals surface area contributed by atoms with Gasteiger partial charge in [0.15, 0.2) is 0 Å². The molecule has 4 aromatic rings. The largest absolute Gasteiger partial charge is 0.496 e. The van der Waals surface area contributed by atoms with E-state index in [1.807, 2.05) is 6.07 Å². The van der Waals surface area contributed by atoms with Crippen molar-refractivity contribution in [3.63, 3.8) is 0 Å². The molecule has 0 aliphatic carbocycles. The zero-order valence-electron chi connectivity index (χ0n) is 20.9. The minimum absolute atomic E-state index is 0.136. The third kappa shape index (κ3) is 4.25. The molecule has 4 aromatic carbocycles. The molecule has 0 saturated carbocycles. The van der Waals surface area contributed by atoms with Crippen LogP contribution >= 0.6 is 0 Å². The molecule has 35 heavy (non-hydrogen) atoms. The van der Waals surface area contributed by atoms with Gasteiger partial charge in [0.05, 0.1) is 12.6 Å². The van der Waals surface area contributed by atoms with Gasteiger partial charge in [-0.1, -0.05) is 48.5 Å². The van der Waals surface area contributed by atoms with Crippen LogP contribution in [0.15, 0.2) is 72.8 Å². The maximum atomic E-state index is 14.0. The van der Waals surface area contributed by atoms with Crippen molar-refractivity contribution in [3.8, 4) is 16.9 Å². The van der Waals surface area contributed by atoms with E-state index in [1.54, 1.807) is 7.11 Å². The molecule has 0 saturated heterocycles. The van der Waals surface area contributed by atoms with Crippen molar-refractivity contribution in [2.24, 2.45) is 0 Å². The van der Waals surface area contributed by atoms with E-state index < -0.39 is 0 Å². The van der Waals surface area contributed by atoms with Crippen LogP contribution in [0, 0.1) is 12.7 Å². The first-order valence-electron chi connectivity index (χ1n) is 12.0. The van der Waals surface area contributed by atoms with Gasteiger partial charge in [-0.25, -0.2) is 4.39 Å². The Morgan fingerprint density at radius 2 is 1.71 bits per heavy atom. The summed E-state index contributed by atoms with van der Waals surface area (Å²) in [5.41, 5.74) is 8.74.